The van der Waals surface area contributed by atoms with Crippen LogP contribution in [0.1, 0.15) is 17.0 Å². The third-order valence-corrected chi connectivity index (χ3v) is 7.18. The highest BCUT2D eigenvalue weighted by molar-refractivity contribution is 7.89. The normalized spacial score (nSPS) is 19.4. The molecule has 0 amide bonds. The largest absolute Gasteiger partial charge is 0.301 e. The fourth-order valence-corrected chi connectivity index (χ4v) is 5.46. The summed E-state index contributed by atoms with van der Waals surface area (Å²) in [7, 11) is 0.160. The zero-order valence-electron chi connectivity index (χ0n) is 14.1. The first kappa shape index (κ1) is 17.5. The van der Waals surface area contributed by atoms with E-state index in [-0.39, 0.29) is 5.03 Å². The highest BCUT2D eigenvalue weighted by atomic mass is 32.2. The van der Waals surface area contributed by atoms with Gasteiger partial charge in [0.25, 0.3) is 10.0 Å². The Bertz CT molecular complexity index is 800. The molecule has 3 heterocycles. The SMILES string of the molecule is Cc1ncsc1CN(C)CC1CCN(S(=O)(=O)c2cnnn2C)C1. The number of aromatic nitrogens is 4. The maximum atomic E-state index is 12.7. The van der Waals surface area contributed by atoms with E-state index in [0.717, 1.165) is 25.2 Å². The van der Waals surface area contributed by atoms with Gasteiger partial charge in [-0.2, -0.15) is 4.31 Å². The lowest BCUT2D eigenvalue weighted by atomic mass is 10.1. The molecule has 24 heavy (non-hydrogen) atoms. The minimum atomic E-state index is -3.51. The first-order valence-electron chi connectivity index (χ1n) is 7.80. The first-order valence-corrected chi connectivity index (χ1v) is 10.1. The molecular formula is C14H22N6O2S2. The summed E-state index contributed by atoms with van der Waals surface area (Å²) < 4.78 is 28.2. The molecule has 0 aliphatic carbocycles. The number of nitrogens with zero attached hydrogens (tertiary/aromatic N) is 6. The van der Waals surface area contributed by atoms with Crippen LogP contribution in [-0.2, 0) is 23.6 Å². The van der Waals surface area contributed by atoms with Crippen molar-refractivity contribution in [1.29, 1.82) is 0 Å². The second kappa shape index (κ2) is 6.87. The molecule has 10 heteroatoms. The van der Waals surface area contributed by atoms with Crippen molar-refractivity contribution in [1.82, 2.24) is 29.2 Å². The molecule has 0 radical (unpaired) electrons. The summed E-state index contributed by atoms with van der Waals surface area (Å²) >= 11 is 1.66. The molecule has 1 atom stereocenters. The molecule has 2 aromatic rings. The van der Waals surface area contributed by atoms with Crippen molar-refractivity contribution in [3.05, 3.63) is 22.3 Å². The van der Waals surface area contributed by atoms with Crippen molar-refractivity contribution in [3.8, 4) is 0 Å². The Morgan fingerprint density at radius 1 is 1.46 bits per heavy atom. The van der Waals surface area contributed by atoms with Crippen LogP contribution in [0.4, 0.5) is 0 Å². The molecule has 8 nitrogen and oxygen atoms in total. The lowest BCUT2D eigenvalue weighted by molar-refractivity contribution is 0.275. The number of aryl methyl sites for hydroxylation is 2. The maximum absolute atomic E-state index is 12.7. The van der Waals surface area contributed by atoms with Gasteiger partial charge in [0.05, 0.1) is 17.4 Å². The summed E-state index contributed by atoms with van der Waals surface area (Å²) in [5.41, 5.74) is 2.94. The Morgan fingerprint density at radius 3 is 2.88 bits per heavy atom. The molecular weight excluding hydrogens is 348 g/mol. The predicted octanol–water partition coefficient (Wildman–Crippen LogP) is 0.723. The topological polar surface area (TPSA) is 84.2 Å². The van der Waals surface area contributed by atoms with Gasteiger partial charge in [-0.3, -0.25) is 0 Å². The first-order chi connectivity index (χ1) is 11.4. The van der Waals surface area contributed by atoms with Crippen LogP contribution in [0.3, 0.4) is 0 Å². The molecule has 0 spiro atoms. The summed E-state index contributed by atoms with van der Waals surface area (Å²) in [5, 5.41) is 7.54. The van der Waals surface area contributed by atoms with E-state index in [2.05, 4.69) is 27.2 Å². The monoisotopic (exact) mass is 370 g/mol. The smallest absolute Gasteiger partial charge is 0.261 e. The molecule has 1 fully saturated rings. The van der Waals surface area contributed by atoms with E-state index in [0.29, 0.717) is 19.0 Å². The van der Waals surface area contributed by atoms with Crippen LogP contribution in [0.2, 0.25) is 0 Å². The lowest BCUT2D eigenvalue weighted by Crippen LogP contribution is -2.32. The molecule has 132 valence electrons. The van der Waals surface area contributed by atoms with E-state index in [9.17, 15) is 8.42 Å². The minimum absolute atomic E-state index is 0.150. The molecule has 2 aromatic heterocycles. The lowest BCUT2D eigenvalue weighted by Gasteiger charge is -2.21. The number of hydrogen-bond acceptors (Lipinski definition) is 7. The van der Waals surface area contributed by atoms with E-state index < -0.39 is 10.0 Å². The minimum Gasteiger partial charge on any atom is -0.301 e. The average Bonchev–Trinajstić information content (AvgIpc) is 3.22. The Morgan fingerprint density at radius 2 is 2.25 bits per heavy atom. The van der Waals surface area contributed by atoms with Gasteiger partial charge in [0.1, 0.15) is 0 Å². The molecule has 0 N–H and O–H groups in total. The fraction of sp³-hybridized carbons (Fsp3) is 0.643. The number of sulfonamides is 1. The Labute approximate surface area is 146 Å². The Kier molecular flexibility index (Phi) is 5.00. The van der Waals surface area contributed by atoms with Gasteiger partial charge >= 0.3 is 0 Å². The molecule has 0 saturated carbocycles. The van der Waals surface area contributed by atoms with E-state index >= 15 is 0 Å². The molecule has 1 aliphatic rings. The van der Waals surface area contributed by atoms with Gasteiger partial charge in [-0.05, 0) is 26.3 Å². The van der Waals surface area contributed by atoms with Crippen LogP contribution in [0.5, 0.6) is 0 Å². The van der Waals surface area contributed by atoms with Crippen molar-refractivity contribution in [2.75, 3.05) is 26.7 Å². The van der Waals surface area contributed by atoms with Crippen LogP contribution < -0.4 is 0 Å². The highest BCUT2D eigenvalue weighted by Crippen LogP contribution is 2.25. The van der Waals surface area contributed by atoms with Crippen LogP contribution >= 0.6 is 11.3 Å². The van der Waals surface area contributed by atoms with Crippen molar-refractivity contribution in [2.24, 2.45) is 13.0 Å². The zero-order chi connectivity index (χ0) is 17.3. The summed E-state index contributed by atoms with van der Waals surface area (Å²) in [6.45, 7) is 4.83. The van der Waals surface area contributed by atoms with Crippen molar-refractivity contribution in [3.63, 3.8) is 0 Å². The van der Waals surface area contributed by atoms with E-state index in [1.165, 1.54) is 15.8 Å². The quantitative estimate of drug-likeness (QED) is 0.745. The van der Waals surface area contributed by atoms with E-state index in [1.54, 1.807) is 22.7 Å². The van der Waals surface area contributed by atoms with Crippen molar-refractivity contribution >= 4 is 21.4 Å². The van der Waals surface area contributed by atoms with Gasteiger partial charge < -0.3 is 4.90 Å². The van der Waals surface area contributed by atoms with Crippen LogP contribution in [-0.4, -0.2) is 64.3 Å². The third-order valence-electron chi connectivity index (χ3n) is 4.35. The highest BCUT2D eigenvalue weighted by Gasteiger charge is 2.34. The summed E-state index contributed by atoms with van der Waals surface area (Å²) in [6, 6.07) is 0. The summed E-state index contributed by atoms with van der Waals surface area (Å²) in [6.07, 6.45) is 2.18. The predicted molar refractivity (Wildman–Crippen MR) is 91.1 cm³/mol. The van der Waals surface area contributed by atoms with Gasteiger partial charge in [-0.1, -0.05) is 5.21 Å². The van der Waals surface area contributed by atoms with Crippen LogP contribution in [0, 0.1) is 12.8 Å². The second-order valence-corrected chi connectivity index (χ2v) is 9.10. The van der Waals surface area contributed by atoms with E-state index in [1.807, 2.05) is 12.4 Å². The number of rotatable bonds is 6. The summed E-state index contributed by atoms with van der Waals surface area (Å²) in [4.78, 5) is 7.78. The fourth-order valence-electron chi connectivity index (χ4n) is 3.04. The Hall–Kier alpha value is -1.36. The van der Waals surface area contributed by atoms with Gasteiger partial charge in [-0.15, -0.1) is 16.4 Å². The molecule has 1 aliphatic heterocycles. The maximum Gasteiger partial charge on any atom is 0.261 e. The van der Waals surface area contributed by atoms with Gasteiger partial charge in [0.15, 0.2) is 5.03 Å². The van der Waals surface area contributed by atoms with Gasteiger partial charge in [0, 0.05) is 38.1 Å². The van der Waals surface area contributed by atoms with E-state index in [4.69, 9.17) is 0 Å². The zero-order valence-corrected chi connectivity index (χ0v) is 15.7. The average molecular weight is 371 g/mol. The second-order valence-electron chi connectivity index (χ2n) is 6.27. The molecule has 0 bridgehead atoms. The number of thiazole rings is 1. The molecule has 1 saturated heterocycles. The Balaban J connectivity index is 1.59. The number of hydrogen-bond donors (Lipinski definition) is 0. The molecule has 0 aromatic carbocycles. The third kappa shape index (κ3) is 3.51. The molecule has 1 unspecified atom stereocenters. The van der Waals surface area contributed by atoms with Crippen LogP contribution in [0.25, 0.3) is 0 Å². The van der Waals surface area contributed by atoms with Crippen LogP contribution in [0.15, 0.2) is 16.7 Å². The van der Waals surface area contributed by atoms with Crippen molar-refractivity contribution in [2.45, 2.75) is 24.9 Å². The van der Waals surface area contributed by atoms with Crippen molar-refractivity contribution < 1.29 is 8.42 Å². The molecule has 3 rings (SSSR count). The van der Waals surface area contributed by atoms with Gasteiger partial charge in [-0.25, -0.2) is 18.1 Å². The summed E-state index contributed by atoms with van der Waals surface area (Å²) in [5.74, 6) is 0.333. The standard InChI is InChI=1S/C14H22N6O2S2/c1-11-13(23-10-15-11)9-18(2)7-12-4-5-20(8-12)24(21,22)14-6-16-17-19(14)3/h6,10,12H,4-5,7-9H2,1-3H3. The van der Waals surface area contributed by atoms with Gasteiger partial charge in [0.2, 0.25) is 0 Å².